The summed E-state index contributed by atoms with van der Waals surface area (Å²) < 4.78 is 6.29. The fourth-order valence-electron chi connectivity index (χ4n) is 3.01. The number of hydrogen-bond acceptors (Lipinski definition) is 3. The van der Waals surface area contributed by atoms with Crippen LogP contribution < -0.4 is 10.5 Å². The zero-order valence-corrected chi connectivity index (χ0v) is 11.6. The Balaban J connectivity index is 1.80. The van der Waals surface area contributed by atoms with Crippen molar-refractivity contribution in [2.75, 3.05) is 26.2 Å². The molecule has 2 aliphatic heterocycles. The van der Waals surface area contributed by atoms with E-state index >= 15 is 0 Å². The topological polar surface area (TPSA) is 38.5 Å². The van der Waals surface area contributed by atoms with Crippen molar-refractivity contribution in [3.05, 3.63) is 35.4 Å². The molecule has 0 aromatic heterocycles. The van der Waals surface area contributed by atoms with E-state index in [-0.39, 0.29) is 5.60 Å². The van der Waals surface area contributed by atoms with E-state index in [9.17, 15) is 0 Å². The molecule has 3 rings (SSSR count). The number of rotatable bonds is 3. The van der Waals surface area contributed by atoms with Gasteiger partial charge in [-0.3, -0.25) is 4.90 Å². The highest BCUT2D eigenvalue weighted by atomic mass is 16.5. The zero-order chi connectivity index (χ0) is 13.3. The first-order chi connectivity index (χ1) is 9.24. The van der Waals surface area contributed by atoms with Crippen molar-refractivity contribution < 1.29 is 4.74 Å². The predicted octanol–water partition coefficient (Wildman–Crippen LogP) is 2.06. The predicted molar refractivity (Wildman–Crippen MR) is 78.3 cm³/mol. The molecule has 1 aromatic carbocycles. The summed E-state index contributed by atoms with van der Waals surface area (Å²) in [6, 6.07) is 6.51. The molecule has 1 spiro atoms. The maximum Gasteiger partial charge on any atom is 0.141 e. The van der Waals surface area contributed by atoms with Gasteiger partial charge in [0.25, 0.3) is 0 Å². The van der Waals surface area contributed by atoms with Gasteiger partial charge in [-0.2, -0.15) is 0 Å². The standard InChI is InChI=1S/C16H22N2O/c1-2-13-3-4-15-14(11-13)5-6-16(19-15)7-9-18(12-16)10-8-17/h3-6,11H,2,7-10,12,17H2,1H3. The van der Waals surface area contributed by atoms with E-state index in [1.807, 2.05) is 0 Å². The Labute approximate surface area is 115 Å². The Kier molecular flexibility index (Phi) is 3.33. The van der Waals surface area contributed by atoms with E-state index in [1.54, 1.807) is 0 Å². The fraction of sp³-hybridized carbons (Fsp3) is 0.500. The molecule has 0 aliphatic carbocycles. The molecule has 0 bridgehead atoms. The minimum atomic E-state index is -0.129. The second kappa shape index (κ2) is 4.99. The van der Waals surface area contributed by atoms with E-state index in [2.05, 4.69) is 42.2 Å². The summed E-state index contributed by atoms with van der Waals surface area (Å²) in [6.07, 6.45) is 6.59. The van der Waals surface area contributed by atoms with Gasteiger partial charge in [0.1, 0.15) is 11.4 Å². The molecule has 1 unspecified atom stereocenters. The van der Waals surface area contributed by atoms with Gasteiger partial charge >= 0.3 is 0 Å². The van der Waals surface area contributed by atoms with Crippen LogP contribution in [0.3, 0.4) is 0 Å². The van der Waals surface area contributed by atoms with Crippen LogP contribution in [0.25, 0.3) is 6.08 Å². The van der Waals surface area contributed by atoms with Crippen LogP contribution in [-0.4, -0.2) is 36.7 Å². The Hall–Kier alpha value is -1.32. The molecule has 1 atom stereocenters. The quantitative estimate of drug-likeness (QED) is 0.902. The van der Waals surface area contributed by atoms with Crippen molar-refractivity contribution in [3.63, 3.8) is 0 Å². The zero-order valence-electron chi connectivity index (χ0n) is 11.6. The van der Waals surface area contributed by atoms with Crippen LogP contribution >= 0.6 is 0 Å². The highest BCUT2D eigenvalue weighted by Crippen LogP contribution is 2.36. The van der Waals surface area contributed by atoms with E-state index in [0.29, 0.717) is 0 Å². The smallest absolute Gasteiger partial charge is 0.141 e. The van der Waals surface area contributed by atoms with Crippen LogP contribution in [0.5, 0.6) is 5.75 Å². The molecule has 2 aliphatic rings. The molecule has 2 heterocycles. The number of nitrogens with zero attached hydrogens (tertiary/aromatic N) is 1. The van der Waals surface area contributed by atoms with Gasteiger partial charge in [0.15, 0.2) is 0 Å². The Morgan fingerprint density at radius 1 is 1.42 bits per heavy atom. The molecule has 1 aromatic rings. The van der Waals surface area contributed by atoms with Crippen molar-refractivity contribution in [3.8, 4) is 5.75 Å². The van der Waals surface area contributed by atoms with E-state index in [0.717, 1.165) is 44.8 Å². The molecule has 3 nitrogen and oxygen atoms in total. The number of fused-ring (bicyclic) bond motifs is 1. The highest BCUT2D eigenvalue weighted by Gasteiger charge is 2.39. The van der Waals surface area contributed by atoms with Crippen molar-refractivity contribution >= 4 is 6.08 Å². The lowest BCUT2D eigenvalue weighted by Gasteiger charge is -2.31. The second-order valence-electron chi connectivity index (χ2n) is 5.54. The normalized spacial score (nSPS) is 25.6. The molecule has 0 amide bonds. The first-order valence-electron chi connectivity index (χ1n) is 7.18. The Morgan fingerprint density at radius 3 is 3.11 bits per heavy atom. The maximum atomic E-state index is 6.29. The van der Waals surface area contributed by atoms with Crippen LogP contribution in [-0.2, 0) is 6.42 Å². The molecule has 0 radical (unpaired) electrons. The van der Waals surface area contributed by atoms with Crippen LogP contribution in [0, 0.1) is 0 Å². The summed E-state index contributed by atoms with van der Waals surface area (Å²) in [4.78, 5) is 2.38. The summed E-state index contributed by atoms with van der Waals surface area (Å²) >= 11 is 0. The third kappa shape index (κ3) is 2.40. The summed E-state index contributed by atoms with van der Waals surface area (Å²) in [5.74, 6) is 1.02. The van der Waals surface area contributed by atoms with Gasteiger partial charge in [-0.15, -0.1) is 0 Å². The number of benzene rings is 1. The Bertz CT molecular complexity index is 498. The summed E-state index contributed by atoms with van der Waals surface area (Å²) in [5.41, 5.74) is 8.08. The van der Waals surface area contributed by atoms with Crippen molar-refractivity contribution in [1.29, 1.82) is 0 Å². The lowest BCUT2D eigenvalue weighted by molar-refractivity contribution is 0.123. The molecular formula is C16H22N2O. The van der Waals surface area contributed by atoms with Gasteiger partial charge in [-0.25, -0.2) is 0 Å². The second-order valence-corrected chi connectivity index (χ2v) is 5.54. The summed E-state index contributed by atoms with van der Waals surface area (Å²) in [5, 5.41) is 0. The number of ether oxygens (including phenoxy) is 1. The molecule has 19 heavy (non-hydrogen) atoms. The van der Waals surface area contributed by atoms with E-state index in [4.69, 9.17) is 10.5 Å². The largest absolute Gasteiger partial charge is 0.481 e. The molecule has 102 valence electrons. The lowest BCUT2D eigenvalue weighted by Crippen LogP contribution is -2.39. The first kappa shape index (κ1) is 12.7. The average Bonchev–Trinajstić information content (AvgIpc) is 2.81. The number of nitrogens with two attached hydrogens (primary N) is 1. The van der Waals surface area contributed by atoms with Crippen LogP contribution in [0.15, 0.2) is 24.3 Å². The van der Waals surface area contributed by atoms with Crippen LogP contribution in [0.2, 0.25) is 0 Å². The minimum absolute atomic E-state index is 0.129. The van der Waals surface area contributed by atoms with Crippen LogP contribution in [0.1, 0.15) is 24.5 Å². The van der Waals surface area contributed by atoms with E-state index in [1.165, 1.54) is 11.1 Å². The van der Waals surface area contributed by atoms with Gasteiger partial charge in [-0.1, -0.05) is 19.1 Å². The molecular weight excluding hydrogens is 236 g/mol. The third-order valence-electron chi connectivity index (χ3n) is 4.15. The highest BCUT2D eigenvalue weighted by molar-refractivity contribution is 5.62. The summed E-state index contributed by atoms with van der Waals surface area (Å²) in [7, 11) is 0. The molecule has 1 fully saturated rings. The monoisotopic (exact) mass is 258 g/mol. The number of aryl methyl sites for hydroxylation is 1. The lowest BCUT2D eigenvalue weighted by atomic mass is 9.96. The fourth-order valence-corrected chi connectivity index (χ4v) is 3.01. The molecule has 0 saturated carbocycles. The number of hydrogen-bond donors (Lipinski definition) is 1. The van der Waals surface area contributed by atoms with Crippen molar-refractivity contribution in [1.82, 2.24) is 4.90 Å². The SMILES string of the molecule is CCc1ccc2c(c1)C=CC1(CCN(CCN)C1)O2. The van der Waals surface area contributed by atoms with Crippen molar-refractivity contribution in [2.24, 2.45) is 5.73 Å². The van der Waals surface area contributed by atoms with Crippen LogP contribution in [0.4, 0.5) is 0 Å². The van der Waals surface area contributed by atoms with Gasteiger partial charge in [-0.05, 0) is 30.2 Å². The van der Waals surface area contributed by atoms with Gasteiger partial charge in [0, 0.05) is 38.2 Å². The van der Waals surface area contributed by atoms with Gasteiger partial charge < -0.3 is 10.5 Å². The average molecular weight is 258 g/mol. The Morgan fingerprint density at radius 2 is 2.32 bits per heavy atom. The van der Waals surface area contributed by atoms with Gasteiger partial charge in [0.2, 0.25) is 0 Å². The number of likely N-dealkylation sites (tertiary alicyclic amines) is 1. The van der Waals surface area contributed by atoms with Gasteiger partial charge in [0.05, 0.1) is 0 Å². The summed E-state index contributed by atoms with van der Waals surface area (Å²) in [6.45, 7) is 5.88. The minimum Gasteiger partial charge on any atom is -0.481 e. The first-order valence-corrected chi connectivity index (χ1v) is 7.18. The third-order valence-corrected chi connectivity index (χ3v) is 4.15. The molecule has 3 heteroatoms. The molecule has 1 saturated heterocycles. The maximum absolute atomic E-state index is 6.29. The van der Waals surface area contributed by atoms with E-state index < -0.39 is 0 Å². The van der Waals surface area contributed by atoms with Crippen molar-refractivity contribution in [2.45, 2.75) is 25.4 Å². The molecule has 2 N–H and O–H groups in total.